The number of aromatic nitrogens is 5. The van der Waals surface area contributed by atoms with Gasteiger partial charge in [-0.3, -0.25) is 9.78 Å². The average molecular weight is 406 g/mol. The summed E-state index contributed by atoms with van der Waals surface area (Å²) < 4.78 is 6.84. The van der Waals surface area contributed by atoms with Crippen molar-refractivity contribution < 1.29 is 9.53 Å². The fourth-order valence-electron chi connectivity index (χ4n) is 2.70. The molecule has 0 bridgehead atoms. The molecule has 29 heavy (non-hydrogen) atoms. The van der Waals surface area contributed by atoms with E-state index in [4.69, 9.17) is 4.74 Å². The predicted molar refractivity (Wildman–Crippen MR) is 110 cm³/mol. The number of amides is 1. The first-order valence-electron chi connectivity index (χ1n) is 8.88. The number of nitrogens with one attached hydrogen (secondary N) is 1. The molecule has 0 aliphatic rings. The molecule has 0 aliphatic heterocycles. The van der Waals surface area contributed by atoms with E-state index in [2.05, 4.69) is 25.6 Å². The Kier molecular flexibility index (Phi) is 5.66. The van der Waals surface area contributed by atoms with Crippen LogP contribution in [0.1, 0.15) is 5.56 Å². The number of ether oxygens (including phenoxy) is 1. The number of hydrogen-bond donors (Lipinski definition) is 1. The summed E-state index contributed by atoms with van der Waals surface area (Å²) in [6.07, 6.45) is 3.44. The molecule has 3 aromatic heterocycles. The first-order valence-corrected chi connectivity index (χ1v) is 9.87. The number of hydrogen-bond acceptors (Lipinski definition) is 7. The number of carbonyl (C=O) groups is 1. The molecule has 0 atom stereocenters. The number of rotatable bonds is 7. The maximum absolute atomic E-state index is 12.2. The lowest BCUT2D eigenvalue weighted by Gasteiger charge is -2.06. The van der Waals surface area contributed by atoms with Gasteiger partial charge in [-0.2, -0.15) is 9.61 Å². The van der Waals surface area contributed by atoms with Crippen molar-refractivity contribution in [3.8, 4) is 17.0 Å². The van der Waals surface area contributed by atoms with Gasteiger partial charge < -0.3 is 10.1 Å². The summed E-state index contributed by atoms with van der Waals surface area (Å²) in [4.78, 5) is 16.3. The van der Waals surface area contributed by atoms with Gasteiger partial charge >= 0.3 is 0 Å². The number of pyridine rings is 1. The molecule has 8 nitrogen and oxygen atoms in total. The summed E-state index contributed by atoms with van der Waals surface area (Å²) >= 11 is 1.29. The summed E-state index contributed by atoms with van der Waals surface area (Å²) in [7, 11) is 1.62. The molecule has 9 heteroatoms. The molecule has 0 spiro atoms. The number of fused-ring (bicyclic) bond motifs is 1. The third-order valence-electron chi connectivity index (χ3n) is 4.17. The Bertz CT molecular complexity index is 1130. The second kappa shape index (κ2) is 8.70. The molecule has 0 saturated heterocycles. The molecule has 1 aromatic carbocycles. The molecule has 0 radical (unpaired) electrons. The minimum Gasteiger partial charge on any atom is -0.497 e. The van der Waals surface area contributed by atoms with E-state index in [0.717, 1.165) is 22.6 Å². The van der Waals surface area contributed by atoms with Gasteiger partial charge in [0, 0.05) is 24.5 Å². The van der Waals surface area contributed by atoms with E-state index in [9.17, 15) is 4.79 Å². The number of methoxy groups -OCH3 is 1. The van der Waals surface area contributed by atoms with Crippen molar-refractivity contribution in [3.63, 3.8) is 0 Å². The van der Waals surface area contributed by atoms with Crippen LogP contribution in [0.15, 0.2) is 66.1 Å². The van der Waals surface area contributed by atoms with Gasteiger partial charge in [0.15, 0.2) is 5.65 Å². The summed E-state index contributed by atoms with van der Waals surface area (Å²) in [6, 6.07) is 15.1. The topological polar surface area (TPSA) is 94.3 Å². The van der Waals surface area contributed by atoms with E-state index < -0.39 is 0 Å². The van der Waals surface area contributed by atoms with Gasteiger partial charge in [0.2, 0.25) is 11.1 Å². The van der Waals surface area contributed by atoms with E-state index in [-0.39, 0.29) is 11.7 Å². The van der Waals surface area contributed by atoms with Gasteiger partial charge in [0.25, 0.3) is 0 Å². The summed E-state index contributed by atoms with van der Waals surface area (Å²) in [5.74, 6) is 0.878. The van der Waals surface area contributed by atoms with E-state index in [0.29, 0.717) is 17.3 Å². The molecular formula is C20H18N6O2S. The van der Waals surface area contributed by atoms with Gasteiger partial charge in [-0.05, 0) is 42.0 Å². The van der Waals surface area contributed by atoms with Crippen LogP contribution in [0.25, 0.3) is 16.9 Å². The lowest BCUT2D eigenvalue weighted by Crippen LogP contribution is -2.24. The van der Waals surface area contributed by atoms with E-state index in [1.807, 2.05) is 48.5 Å². The SMILES string of the molecule is COc1cccc(CNC(=O)CSc2nnc3ccc(-c4ccncc4)nn23)c1. The molecule has 4 aromatic rings. The minimum absolute atomic E-state index is 0.0974. The zero-order valence-electron chi connectivity index (χ0n) is 15.6. The van der Waals surface area contributed by atoms with Crippen LogP contribution in [0.5, 0.6) is 5.75 Å². The number of nitrogens with zero attached hydrogens (tertiary/aromatic N) is 5. The van der Waals surface area contributed by atoms with Gasteiger partial charge in [-0.15, -0.1) is 10.2 Å². The van der Waals surface area contributed by atoms with Gasteiger partial charge in [0.05, 0.1) is 18.6 Å². The Morgan fingerprint density at radius 3 is 2.83 bits per heavy atom. The normalized spacial score (nSPS) is 10.8. The standard InChI is InChI=1S/C20H18N6O2S/c1-28-16-4-2-3-14(11-16)12-22-19(27)13-29-20-24-23-18-6-5-17(25-26(18)20)15-7-9-21-10-8-15/h2-11H,12-13H2,1H3,(H,22,27). The Morgan fingerprint density at radius 1 is 1.14 bits per heavy atom. The average Bonchev–Trinajstić information content (AvgIpc) is 3.19. The van der Waals surface area contributed by atoms with Crippen LogP contribution >= 0.6 is 11.8 Å². The molecule has 0 unspecified atom stereocenters. The Morgan fingerprint density at radius 2 is 2.00 bits per heavy atom. The lowest BCUT2D eigenvalue weighted by atomic mass is 10.2. The zero-order valence-corrected chi connectivity index (χ0v) is 16.5. The molecule has 0 saturated carbocycles. The first kappa shape index (κ1) is 18.9. The van der Waals surface area contributed by atoms with Crippen molar-refractivity contribution in [1.29, 1.82) is 0 Å². The third-order valence-corrected chi connectivity index (χ3v) is 5.09. The van der Waals surface area contributed by atoms with Gasteiger partial charge in [-0.1, -0.05) is 23.9 Å². The second-order valence-electron chi connectivity index (χ2n) is 6.12. The highest BCUT2D eigenvalue weighted by Gasteiger charge is 2.11. The maximum atomic E-state index is 12.2. The van der Waals surface area contributed by atoms with Crippen LogP contribution in [-0.4, -0.2) is 43.6 Å². The molecule has 3 heterocycles. The highest BCUT2D eigenvalue weighted by Crippen LogP contribution is 2.20. The van der Waals surface area contributed by atoms with Crippen LogP contribution in [0.3, 0.4) is 0 Å². The summed E-state index contributed by atoms with van der Waals surface area (Å²) in [5, 5.41) is 16.3. The molecule has 146 valence electrons. The van der Waals surface area contributed by atoms with Crippen LogP contribution in [0.4, 0.5) is 0 Å². The molecule has 1 amide bonds. The minimum atomic E-state index is -0.0974. The van der Waals surface area contributed by atoms with Crippen molar-refractivity contribution in [2.24, 2.45) is 0 Å². The van der Waals surface area contributed by atoms with Crippen LogP contribution in [0, 0.1) is 0 Å². The molecule has 4 rings (SSSR count). The Labute approximate surface area is 171 Å². The molecule has 1 N–H and O–H groups in total. The van der Waals surface area contributed by atoms with Crippen molar-refractivity contribution in [2.75, 3.05) is 12.9 Å². The van der Waals surface area contributed by atoms with Gasteiger partial charge in [0.1, 0.15) is 5.75 Å². The van der Waals surface area contributed by atoms with E-state index in [1.54, 1.807) is 24.0 Å². The van der Waals surface area contributed by atoms with E-state index in [1.165, 1.54) is 11.8 Å². The first-order chi connectivity index (χ1) is 14.2. The lowest BCUT2D eigenvalue weighted by molar-refractivity contribution is -0.118. The monoisotopic (exact) mass is 406 g/mol. The van der Waals surface area contributed by atoms with Gasteiger partial charge in [-0.25, -0.2) is 0 Å². The van der Waals surface area contributed by atoms with Crippen LogP contribution < -0.4 is 10.1 Å². The highest BCUT2D eigenvalue weighted by atomic mass is 32.2. The Hall–Kier alpha value is -3.46. The van der Waals surface area contributed by atoms with Crippen molar-refractivity contribution in [3.05, 3.63) is 66.5 Å². The smallest absolute Gasteiger partial charge is 0.230 e. The molecule has 0 aliphatic carbocycles. The summed E-state index contributed by atoms with van der Waals surface area (Å²) in [6.45, 7) is 0.432. The fourth-order valence-corrected chi connectivity index (χ4v) is 3.42. The van der Waals surface area contributed by atoms with Crippen LogP contribution in [0.2, 0.25) is 0 Å². The number of benzene rings is 1. The van der Waals surface area contributed by atoms with Crippen molar-refractivity contribution >= 4 is 23.3 Å². The second-order valence-corrected chi connectivity index (χ2v) is 7.07. The number of thioether (sulfide) groups is 1. The third kappa shape index (κ3) is 4.52. The van der Waals surface area contributed by atoms with Crippen molar-refractivity contribution in [1.82, 2.24) is 30.1 Å². The predicted octanol–water partition coefficient (Wildman–Crippen LogP) is 2.60. The van der Waals surface area contributed by atoms with E-state index >= 15 is 0 Å². The fraction of sp³-hybridized carbons (Fsp3) is 0.150. The highest BCUT2D eigenvalue weighted by molar-refractivity contribution is 7.99. The zero-order chi connectivity index (χ0) is 20.1. The van der Waals surface area contributed by atoms with Crippen LogP contribution in [-0.2, 0) is 11.3 Å². The van der Waals surface area contributed by atoms with Crippen molar-refractivity contribution in [2.45, 2.75) is 11.7 Å². The Balaban J connectivity index is 1.40. The number of carbonyl (C=O) groups excluding carboxylic acids is 1. The summed E-state index contributed by atoms with van der Waals surface area (Å²) in [5.41, 5.74) is 3.33. The molecular weight excluding hydrogens is 388 g/mol. The maximum Gasteiger partial charge on any atom is 0.230 e. The largest absolute Gasteiger partial charge is 0.497 e. The quantitative estimate of drug-likeness (QED) is 0.472. The molecule has 0 fully saturated rings.